The summed E-state index contributed by atoms with van der Waals surface area (Å²) >= 11 is 0. The third kappa shape index (κ3) is 3.59. The molecule has 1 amide bonds. The fraction of sp³-hybridized carbons (Fsp3) is 0.391. The number of aliphatic hydroxyl groups is 1. The average molecular weight is 500 g/mol. The van der Waals surface area contributed by atoms with Crippen molar-refractivity contribution >= 4 is 27.3 Å². The molecule has 0 radical (unpaired) electrons. The smallest absolute Gasteiger partial charge is 0.274 e. The summed E-state index contributed by atoms with van der Waals surface area (Å²) in [5.74, 6) is 0.00129. The van der Waals surface area contributed by atoms with Gasteiger partial charge in [-0.2, -0.15) is 5.26 Å². The van der Waals surface area contributed by atoms with Gasteiger partial charge in [0.1, 0.15) is 39.4 Å². The fourth-order valence-corrected chi connectivity index (χ4v) is 6.45. The zero-order valence-corrected chi connectivity index (χ0v) is 20.2. The van der Waals surface area contributed by atoms with Crippen LogP contribution in [0.1, 0.15) is 43.2 Å². The van der Waals surface area contributed by atoms with Gasteiger partial charge in [-0.15, -0.1) is 0 Å². The lowest BCUT2D eigenvalue weighted by molar-refractivity contribution is 0.0333. The molecule has 0 saturated heterocycles. The van der Waals surface area contributed by atoms with Crippen LogP contribution >= 0.6 is 0 Å². The lowest BCUT2D eigenvalue weighted by Crippen LogP contribution is -2.67. The first-order valence-electron chi connectivity index (χ1n) is 10.7. The summed E-state index contributed by atoms with van der Waals surface area (Å²) in [7, 11) is -4.23. The second-order valence-corrected chi connectivity index (χ2v) is 11.7. The molecule has 11 nitrogen and oxygen atoms in total. The lowest BCUT2D eigenvalue weighted by Gasteiger charge is -2.48. The van der Waals surface area contributed by atoms with Crippen molar-refractivity contribution in [1.82, 2.24) is 4.98 Å². The predicted molar refractivity (Wildman–Crippen MR) is 127 cm³/mol. The third-order valence-electron chi connectivity index (χ3n) is 6.57. The van der Waals surface area contributed by atoms with Gasteiger partial charge in [-0.3, -0.25) is 9.79 Å². The molecule has 0 aliphatic carbocycles. The minimum Gasteiger partial charge on any atom is -0.493 e. The highest BCUT2D eigenvalue weighted by Crippen LogP contribution is 2.53. The molecular weight excluding hydrogens is 474 g/mol. The van der Waals surface area contributed by atoms with Crippen LogP contribution in [0.2, 0.25) is 0 Å². The molecule has 1 aromatic carbocycles. The van der Waals surface area contributed by atoms with Crippen LogP contribution in [0.15, 0.2) is 41.5 Å². The van der Waals surface area contributed by atoms with Crippen LogP contribution in [0, 0.1) is 11.3 Å². The van der Waals surface area contributed by atoms with Crippen molar-refractivity contribution in [1.29, 1.82) is 5.26 Å². The van der Waals surface area contributed by atoms with Crippen molar-refractivity contribution in [2.24, 2.45) is 10.7 Å². The minimum atomic E-state index is -4.23. The van der Waals surface area contributed by atoms with E-state index in [9.17, 15) is 18.3 Å². The van der Waals surface area contributed by atoms with E-state index in [1.165, 1.54) is 45.2 Å². The van der Waals surface area contributed by atoms with Gasteiger partial charge < -0.3 is 25.6 Å². The summed E-state index contributed by atoms with van der Waals surface area (Å²) in [6.07, 6.45) is 1.11. The van der Waals surface area contributed by atoms with Crippen LogP contribution in [0.3, 0.4) is 0 Å². The topological polar surface area (TPSA) is 177 Å². The Balaban J connectivity index is 1.72. The molecule has 2 aliphatic rings. The van der Waals surface area contributed by atoms with Crippen molar-refractivity contribution in [3.8, 4) is 17.6 Å². The van der Waals surface area contributed by atoms with Crippen molar-refractivity contribution in [3.05, 3.63) is 47.8 Å². The maximum absolute atomic E-state index is 13.5. The Kier molecular flexibility index (Phi) is 5.73. The van der Waals surface area contributed by atoms with E-state index in [4.69, 9.17) is 20.5 Å². The van der Waals surface area contributed by atoms with Gasteiger partial charge in [-0.1, -0.05) is 0 Å². The molecule has 3 heterocycles. The Morgan fingerprint density at radius 1 is 1.31 bits per heavy atom. The number of benzene rings is 1. The van der Waals surface area contributed by atoms with Crippen molar-refractivity contribution < 1.29 is 27.8 Å². The molecule has 0 fully saturated rings. The van der Waals surface area contributed by atoms with Gasteiger partial charge in [0.2, 0.25) is 0 Å². The Hall–Kier alpha value is -3.69. The summed E-state index contributed by atoms with van der Waals surface area (Å²) in [4.78, 5) is 19.0. The molecular formula is C23H25N5O6S. The van der Waals surface area contributed by atoms with Crippen LogP contribution in [-0.2, 0) is 15.4 Å². The number of pyridine rings is 1. The number of amidine groups is 1. The number of nitrogens with zero attached hydrogens (tertiary/aromatic N) is 3. The number of hydrogen-bond donors (Lipinski definition) is 3. The first kappa shape index (κ1) is 24.4. The monoisotopic (exact) mass is 499 g/mol. The maximum atomic E-state index is 13.5. The Morgan fingerprint density at radius 2 is 2.06 bits per heavy atom. The number of nitrogens with two attached hydrogens (primary N) is 1. The summed E-state index contributed by atoms with van der Waals surface area (Å²) in [5.41, 5.74) is 5.08. The number of nitriles is 1. The fourth-order valence-electron chi connectivity index (χ4n) is 4.26. The first-order chi connectivity index (χ1) is 16.4. The third-order valence-corrected chi connectivity index (χ3v) is 9.61. The maximum Gasteiger partial charge on any atom is 0.274 e. The number of amides is 1. The van der Waals surface area contributed by atoms with E-state index in [1.807, 2.05) is 6.07 Å². The van der Waals surface area contributed by atoms with Gasteiger partial charge in [0.05, 0.1) is 12.8 Å². The number of sulfone groups is 1. The van der Waals surface area contributed by atoms with Crippen LogP contribution in [-0.4, -0.2) is 53.1 Å². The van der Waals surface area contributed by atoms with Gasteiger partial charge >= 0.3 is 0 Å². The number of carbonyl (C=O) groups excluding carboxylic acids is 1. The molecule has 12 heteroatoms. The second kappa shape index (κ2) is 8.21. The minimum absolute atomic E-state index is 0.0559. The van der Waals surface area contributed by atoms with Crippen LogP contribution < -0.4 is 20.5 Å². The number of aromatic nitrogens is 1. The summed E-state index contributed by atoms with van der Waals surface area (Å²) < 4.78 is 36.4. The number of anilines is 1. The molecule has 0 spiro atoms. The van der Waals surface area contributed by atoms with E-state index in [0.29, 0.717) is 17.2 Å². The van der Waals surface area contributed by atoms with E-state index in [2.05, 4.69) is 15.3 Å². The first-order valence-corrected chi connectivity index (χ1v) is 12.2. The summed E-state index contributed by atoms with van der Waals surface area (Å²) in [5, 5.41) is 22.9. The highest BCUT2D eigenvalue weighted by Gasteiger charge is 2.67. The van der Waals surface area contributed by atoms with Gasteiger partial charge in [0, 0.05) is 17.7 Å². The molecule has 35 heavy (non-hydrogen) atoms. The zero-order valence-electron chi connectivity index (χ0n) is 19.4. The summed E-state index contributed by atoms with van der Waals surface area (Å²) in [6, 6.07) is 9.47. The zero-order chi connectivity index (χ0) is 25.6. The van der Waals surface area contributed by atoms with Crippen LogP contribution in [0.4, 0.5) is 5.69 Å². The molecule has 0 saturated carbocycles. The van der Waals surface area contributed by atoms with Crippen molar-refractivity contribution in [3.63, 3.8) is 0 Å². The number of rotatable bonds is 4. The average Bonchev–Trinajstić information content (AvgIpc) is 2.92. The van der Waals surface area contributed by atoms with E-state index < -0.39 is 31.0 Å². The highest BCUT2D eigenvalue weighted by atomic mass is 32.2. The van der Waals surface area contributed by atoms with Gasteiger partial charge in [-0.25, -0.2) is 13.4 Å². The number of ether oxygens (including phenoxy) is 2. The molecule has 4 N–H and O–H groups in total. The number of carbonyl (C=O) groups is 1. The Labute approximate surface area is 202 Å². The molecule has 2 aliphatic heterocycles. The molecule has 0 unspecified atom stereocenters. The Morgan fingerprint density at radius 3 is 2.71 bits per heavy atom. The molecule has 0 bridgehead atoms. The van der Waals surface area contributed by atoms with Gasteiger partial charge in [0.25, 0.3) is 5.91 Å². The van der Waals surface area contributed by atoms with Gasteiger partial charge in [-0.05, 0) is 51.1 Å². The van der Waals surface area contributed by atoms with E-state index in [1.54, 1.807) is 12.1 Å². The van der Waals surface area contributed by atoms with Gasteiger partial charge in [0.15, 0.2) is 21.4 Å². The van der Waals surface area contributed by atoms with Crippen molar-refractivity contribution in [2.45, 2.75) is 42.4 Å². The quantitative estimate of drug-likeness (QED) is 0.562. The van der Waals surface area contributed by atoms with Crippen LogP contribution in [0.5, 0.6) is 11.5 Å². The molecule has 4 rings (SSSR count). The molecule has 2 aromatic rings. The normalized spacial score (nSPS) is 26.0. The van der Waals surface area contributed by atoms with Crippen molar-refractivity contribution in [2.75, 3.05) is 18.5 Å². The standard InChI is InChI=1S/C23H25N5O6S/c1-21(2)20(25)28-22(3)16-12-14(4-7-18(16)34-10-8-23(22,30)35(21,31)32)27-19(29)17-6-5-15(13-26-17)33-11-9-24/h4-7,12-13,30H,8,10-11H2,1-3H3,(H2,25,28)(H,27,29)/t22-,23-/m1/s1. The second-order valence-electron chi connectivity index (χ2n) is 8.96. The van der Waals surface area contributed by atoms with E-state index >= 15 is 0 Å². The van der Waals surface area contributed by atoms with E-state index in [-0.39, 0.29) is 36.7 Å². The van der Waals surface area contributed by atoms with Crippen LogP contribution in [0.25, 0.3) is 0 Å². The number of nitrogens with one attached hydrogen (secondary N) is 1. The SMILES string of the molecule is CC1(C)C(N)=N[C@]2(C)c3cc(NC(=O)c4ccc(OCC#N)cn4)ccc3OCC[C@@]2(O)S1(=O)=O. The largest absolute Gasteiger partial charge is 0.493 e. The summed E-state index contributed by atoms with van der Waals surface area (Å²) in [6.45, 7) is 4.11. The molecule has 184 valence electrons. The lowest BCUT2D eigenvalue weighted by atomic mass is 9.83. The number of aliphatic imine (C=N–C) groups is 1. The number of fused-ring (bicyclic) bond motifs is 3. The molecule has 1 aromatic heterocycles. The van der Waals surface area contributed by atoms with E-state index in [0.717, 1.165) is 0 Å². The Bertz CT molecular complexity index is 1370. The molecule has 2 atom stereocenters. The predicted octanol–water partition coefficient (Wildman–Crippen LogP) is 1.49. The highest BCUT2D eigenvalue weighted by molar-refractivity contribution is 7.94. The number of hydrogen-bond acceptors (Lipinski definition) is 10.